The molecule has 2 aromatic heterocycles. The van der Waals surface area contributed by atoms with Crippen LogP contribution in [-0.2, 0) is 6.42 Å². The third-order valence-electron chi connectivity index (χ3n) is 6.29. The number of anilines is 1. The van der Waals surface area contributed by atoms with Crippen molar-refractivity contribution in [3.8, 4) is 34.4 Å². The van der Waals surface area contributed by atoms with E-state index >= 15 is 0 Å². The van der Waals surface area contributed by atoms with Crippen LogP contribution in [0.1, 0.15) is 23.0 Å². The number of hydrogen-bond donors (Lipinski definition) is 0. The minimum atomic E-state index is -0.239. The highest BCUT2D eigenvalue weighted by Gasteiger charge is 2.37. The molecular weight excluding hydrogens is 452 g/mol. The van der Waals surface area contributed by atoms with E-state index in [0.717, 1.165) is 35.3 Å². The van der Waals surface area contributed by atoms with E-state index in [0.29, 0.717) is 35.0 Å². The van der Waals surface area contributed by atoms with Crippen molar-refractivity contribution in [1.82, 2.24) is 35.3 Å². The van der Waals surface area contributed by atoms with Crippen molar-refractivity contribution in [1.29, 1.82) is 0 Å². The molecule has 2 aromatic carbocycles. The number of fused-ring (bicyclic) bond motifs is 2. The monoisotopic (exact) mass is 476 g/mol. The van der Waals surface area contributed by atoms with Gasteiger partial charge >= 0.3 is 6.01 Å². The van der Waals surface area contributed by atoms with Gasteiger partial charge in [0.05, 0.1) is 12.8 Å². The van der Waals surface area contributed by atoms with E-state index in [4.69, 9.17) is 18.6 Å². The number of likely N-dealkylation sites (N-methyl/N-ethyl adjacent to an activating group) is 1. The molecule has 0 radical (unpaired) electrons. The lowest BCUT2D eigenvalue weighted by Gasteiger charge is -2.34. The van der Waals surface area contributed by atoms with Gasteiger partial charge in [0, 0.05) is 31.8 Å². The van der Waals surface area contributed by atoms with Gasteiger partial charge in [-0.15, -0.1) is 10.2 Å². The second kappa shape index (κ2) is 8.24. The van der Waals surface area contributed by atoms with Crippen LogP contribution < -0.4 is 19.1 Å². The fourth-order valence-electron chi connectivity index (χ4n) is 4.57. The smallest absolute Gasteiger partial charge is 0.317 e. The molecule has 4 heterocycles. The molecule has 0 spiro atoms. The quantitative estimate of drug-likeness (QED) is 0.421. The third kappa shape index (κ3) is 3.44. The second-order valence-electron chi connectivity index (χ2n) is 8.63. The summed E-state index contributed by atoms with van der Waals surface area (Å²) in [5.74, 6) is 3.10. The minimum Gasteiger partial charge on any atom is -0.492 e. The Kier molecular flexibility index (Phi) is 5.02. The summed E-state index contributed by atoms with van der Waals surface area (Å²) in [5, 5.41) is 20.9. The molecule has 2 aliphatic rings. The van der Waals surface area contributed by atoms with E-state index in [1.807, 2.05) is 44.4 Å². The molecule has 0 amide bonds. The molecule has 0 aliphatic carbocycles. The van der Waals surface area contributed by atoms with Crippen LogP contribution in [0.5, 0.6) is 17.2 Å². The van der Waals surface area contributed by atoms with Crippen molar-refractivity contribution in [2.45, 2.75) is 12.5 Å². The highest BCUT2D eigenvalue weighted by Crippen LogP contribution is 2.50. The van der Waals surface area contributed by atoms with Crippen molar-refractivity contribution in [2.24, 2.45) is 0 Å². The van der Waals surface area contributed by atoms with Gasteiger partial charge < -0.3 is 23.5 Å². The van der Waals surface area contributed by atoms with Crippen LogP contribution in [0.3, 0.4) is 0 Å². The lowest BCUT2D eigenvalue weighted by molar-refractivity contribution is 0.170. The zero-order valence-corrected chi connectivity index (χ0v) is 19.8. The van der Waals surface area contributed by atoms with Crippen molar-refractivity contribution in [3.63, 3.8) is 0 Å². The van der Waals surface area contributed by atoms with Gasteiger partial charge in [0.2, 0.25) is 18.4 Å². The predicted octanol–water partition coefficient (Wildman–Crippen LogP) is 2.09. The van der Waals surface area contributed by atoms with E-state index in [9.17, 15) is 0 Å². The highest BCUT2D eigenvalue weighted by atomic mass is 16.7. The molecule has 0 N–H and O–H groups in total. The molecule has 0 saturated heterocycles. The standard InChI is InChI=1S/C23H24N8O4/c1-29(2)23-26-25-22(35-23)13-5-7-15(8-6-13)31-21(24-27-28-31)18-17-14(9-10-30(18)3)11-16-19(20(17)32-4)34-12-33-16/h5-8,11,18H,9-10,12H2,1-4H3/t18-/m1/s1. The number of aromatic nitrogens is 6. The van der Waals surface area contributed by atoms with Gasteiger partial charge in [0.15, 0.2) is 17.3 Å². The van der Waals surface area contributed by atoms with E-state index < -0.39 is 0 Å². The summed E-state index contributed by atoms with van der Waals surface area (Å²) in [4.78, 5) is 3.97. The number of hydrogen-bond acceptors (Lipinski definition) is 11. The molecular formula is C23H24N8O4. The number of rotatable bonds is 5. The van der Waals surface area contributed by atoms with Crippen LogP contribution in [-0.4, -0.2) is 76.9 Å². The number of ether oxygens (including phenoxy) is 3. The lowest BCUT2D eigenvalue weighted by atomic mass is 9.90. The van der Waals surface area contributed by atoms with Gasteiger partial charge in [0.1, 0.15) is 6.04 Å². The average molecular weight is 476 g/mol. The number of nitrogens with zero attached hydrogens (tertiary/aromatic N) is 8. The first-order chi connectivity index (χ1) is 17.0. The van der Waals surface area contributed by atoms with Crippen LogP contribution in [0, 0.1) is 0 Å². The summed E-state index contributed by atoms with van der Waals surface area (Å²) < 4.78 is 24.6. The lowest BCUT2D eigenvalue weighted by Crippen LogP contribution is -2.35. The Morgan fingerprint density at radius 3 is 2.66 bits per heavy atom. The van der Waals surface area contributed by atoms with Crippen molar-refractivity contribution >= 4 is 6.01 Å². The average Bonchev–Trinajstić information content (AvgIpc) is 3.63. The van der Waals surface area contributed by atoms with Gasteiger partial charge in [0.25, 0.3) is 0 Å². The van der Waals surface area contributed by atoms with E-state index in [1.54, 1.807) is 16.7 Å². The van der Waals surface area contributed by atoms with Crippen LogP contribution in [0.25, 0.3) is 17.1 Å². The fraction of sp³-hybridized carbons (Fsp3) is 0.348. The maximum Gasteiger partial charge on any atom is 0.317 e. The predicted molar refractivity (Wildman–Crippen MR) is 124 cm³/mol. The molecule has 12 heteroatoms. The molecule has 12 nitrogen and oxygen atoms in total. The normalized spacial score (nSPS) is 16.9. The van der Waals surface area contributed by atoms with Crippen molar-refractivity contribution < 1.29 is 18.6 Å². The minimum absolute atomic E-state index is 0.176. The third-order valence-corrected chi connectivity index (χ3v) is 6.29. The molecule has 1 atom stereocenters. The van der Waals surface area contributed by atoms with Gasteiger partial charge in [-0.25, -0.2) is 0 Å². The SMILES string of the molecule is COc1c2c(cc3c1[C@H](c1nnnn1-c1ccc(-c4nnc(N(C)C)o4)cc1)N(C)CC3)OCO2. The van der Waals surface area contributed by atoms with Gasteiger partial charge in [-0.1, -0.05) is 5.10 Å². The summed E-state index contributed by atoms with van der Waals surface area (Å²) >= 11 is 0. The summed E-state index contributed by atoms with van der Waals surface area (Å²) in [7, 11) is 7.40. The first kappa shape index (κ1) is 21.4. The number of benzene rings is 2. The van der Waals surface area contributed by atoms with Crippen LogP contribution in [0.4, 0.5) is 6.01 Å². The van der Waals surface area contributed by atoms with Crippen LogP contribution >= 0.6 is 0 Å². The van der Waals surface area contributed by atoms with Gasteiger partial charge in [-0.3, -0.25) is 4.90 Å². The van der Waals surface area contributed by atoms with Crippen LogP contribution in [0.2, 0.25) is 0 Å². The van der Waals surface area contributed by atoms with E-state index in [1.165, 1.54) is 0 Å². The number of methoxy groups -OCH3 is 1. The Hall–Kier alpha value is -4.19. The maximum absolute atomic E-state index is 5.82. The first-order valence-corrected chi connectivity index (χ1v) is 11.1. The Morgan fingerprint density at radius 2 is 1.91 bits per heavy atom. The molecule has 0 saturated carbocycles. The Labute approximate surface area is 201 Å². The topological polar surface area (TPSA) is 117 Å². The van der Waals surface area contributed by atoms with Crippen LogP contribution in [0.15, 0.2) is 34.7 Å². The molecule has 6 rings (SSSR count). The summed E-state index contributed by atoms with van der Waals surface area (Å²) in [6.07, 6.45) is 0.852. The second-order valence-corrected chi connectivity index (χ2v) is 8.63. The largest absolute Gasteiger partial charge is 0.492 e. The molecule has 2 aliphatic heterocycles. The fourth-order valence-corrected chi connectivity index (χ4v) is 4.57. The molecule has 0 bridgehead atoms. The van der Waals surface area contributed by atoms with E-state index in [2.05, 4.69) is 37.7 Å². The van der Waals surface area contributed by atoms with E-state index in [-0.39, 0.29) is 12.8 Å². The zero-order chi connectivity index (χ0) is 24.1. The zero-order valence-electron chi connectivity index (χ0n) is 19.8. The van der Waals surface area contributed by atoms with Crippen molar-refractivity contribution in [3.05, 3.63) is 47.3 Å². The Bertz CT molecular complexity index is 1380. The molecule has 4 aromatic rings. The molecule has 0 fully saturated rings. The molecule has 0 unspecified atom stereocenters. The summed E-state index contributed by atoms with van der Waals surface area (Å²) in [6, 6.07) is 9.91. The number of tetrazole rings is 1. The van der Waals surface area contributed by atoms with Gasteiger partial charge in [-0.2, -0.15) is 4.68 Å². The van der Waals surface area contributed by atoms with Crippen molar-refractivity contribution in [2.75, 3.05) is 46.5 Å². The Balaban J connectivity index is 1.40. The molecule has 35 heavy (non-hydrogen) atoms. The summed E-state index contributed by atoms with van der Waals surface area (Å²) in [5.41, 5.74) is 3.73. The first-order valence-electron chi connectivity index (χ1n) is 11.1. The van der Waals surface area contributed by atoms with Gasteiger partial charge in [-0.05, 0) is 59.8 Å². The maximum atomic E-state index is 5.82. The molecule has 180 valence electrons. The highest BCUT2D eigenvalue weighted by molar-refractivity contribution is 5.63. The summed E-state index contributed by atoms with van der Waals surface area (Å²) in [6.45, 7) is 1.01. The Morgan fingerprint density at radius 1 is 1.09 bits per heavy atom.